The van der Waals surface area contributed by atoms with Gasteiger partial charge in [-0.1, -0.05) is 13.8 Å². The minimum atomic E-state index is 0.588. The molecule has 0 amide bonds. The molecule has 0 aliphatic heterocycles. The first-order valence-electron chi connectivity index (χ1n) is 6.67. The summed E-state index contributed by atoms with van der Waals surface area (Å²) in [5.41, 5.74) is 5.87. The molecule has 1 aliphatic rings. The second-order valence-corrected chi connectivity index (χ2v) is 5.48. The third-order valence-electron chi connectivity index (χ3n) is 3.72. The van der Waals surface area contributed by atoms with Crippen molar-refractivity contribution in [1.82, 2.24) is 4.90 Å². The highest BCUT2D eigenvalue weighted by Crippen LogP contribution is 2.30. The van der Waals surface area contributed by atoms with E-state index >= 15 is 0 Å². The number of nitrogens with two attached hydrogens (primary N) is 1. The Kier molecular flexibility index (Phi) is 4.24. The van der Waals surface area contributed by atoms with Crippen LogP contribution in [0.1, 0.15) is 32.4 Å². The van der Waals surface area contributed by atoms with Crippen LogP contribution in [0, 0.1) is 11.8 Å². The van der Waals surface area contributed by atoms with Gasteiger partial charge in [0.2, 0.25) is 0 Å². The van der Waals surface area contributed by atoms with Crippen molar-refractivity contribution in [1.29, 1.82) is 0 Å². The van der Waals surface area contributed by atoms with E-state index < -0.39 is 0 Å². The fourth-order valence-corrected chi connectivity index (χ4v) is 2.24. The van der Waals surface area contributed by atoms with Gasteiger partial charge in [-0.05, 0) is 43.4 Å². The third kappa shape index (κ3) is 3.58. The van der Waals surface area contributed by atoms with Crippen molar-refractivity contribution in [3.8, 4) is 0 Å². The highest BCUT2D eigenvalue weighted by Gasteiger charge is 2.31. The van der Waals surface area contributed by atoms with E-state index in [2.05, 4.69) is 24.8 Å². The molecule has 0 bridgehead atoms. The van der Waals surface area contributed by atoms with Crippen LogP contribution in [0.25, 0.3) is 0 Å². The molecule has 0 aromatic carbocycles. The lowest BCUT2D eigenvalue weighted by Gasteiger charge is -2.28. The highest BCUT2D eigenvalue weighted by molar-refractivity contribution is 5.00. The lowest BCUT2D eigenvalue weighted by atomic mass is 9.95. The van der Waals surface area contributed by atoms with Crippen LogP contribution in [0.2, 0.25) is 0 Å². The molecule has 1 heterocycles. The molecule has 1 aromatic heterocycles. The Morgan fingerprint density at radius 2 is 2.24 bits per heavy atom. The van der Waals surface area contributed by atoms with Crippen LogP contribution in [0.5, 0.6) is 0 Å². The SMILES string of the molecule is CC(C)C(CN)CN(Cc1ccco1)C1CC1. The van der Waals surface area contributed by atoms with Crippen LogP contribution in [0.3, 0.4) is 0 Å². The summed E-state index contributed by atoms with van der Waals surface area (Å²) in [5.74, 6) is 2.31. The standard InChI is InChI=1S/C14H24N2O/c1-11(2)12(8-15)9-16(13-5-6-13)10-14-4-3-7-17-14/h3-4,7,11-13H,5-6,8-10,15H2,1-2H3. The van der Waals surface area contributed by atoms with Gasteiger partial charge in [-0.15, -0.1) is 0 Å². The molecule has 3 nitrogen and oxygen atoms in total. The lowest BCUT2D eigenvalue weighted by molar-refractivity contribution is 0.177. The second kappa shape index (κ2) is 5.69. The fraction of sp³-hybridized carbons (Fsp3) is 0.714. The minimum Gasteiger partial charge on any atom is -0.468 e. The van der Waals surface area contributed by atoms with Crippen molar-refractivity contribution in [2.75, 3.05) is 13.1 Å². The van der Waals surface area contributed by atoms with Gasteiger partial charge in [0.05, 0.1) is 12.8 Å². The Labute approximate surface area is 104 Å². The molecule has 1 aliphatic carbocycles. The maximum atomic E-state index is 5.87. The summed E-state index contributed by atoms with van der Waals surface area (Å²) in [7, 11) is 0. The van der Waals surface area contributed by atoms with Gasteiger partial charge in [-0.25, -0.2) is 0 Å². The molecule has 1 saturated carbocycles. The van der Waals surface area contributed by atoms with Crippen molar-refractivity contribution >= 4 is 0 Å². The van der Waals surface area contributed by atoms with Crippen molar-refractivity contribution in [2.45, 2.75) is 39.3 Å². The van der Waals surface area contributed by atoms with E-state index in [4.69, 9.17) is 10.2 Å². The van der Waals surface area contributed by atoms with Gasteiger partial charge in [0, 0.05) is 12.6 Å². The van der Waals surface area contributed by atoms with E-state index in [9.17, 15) is 0 Å². The number of nitrogens with zero attached hydrogens (tertiary/aromatic N) is 1. The Morgan fingerprint density at radius 3 is 2.71 bits per heavy atom. The summed E-state index contributed by atoms with van der Waals surface area (Å²) < 4.78 is 5.44. The Balaban J connectivity index is 1.92. The van der Waals surface area contributed by atoms with E-state index in [0.29, 0.717) is 11.8 Å². The van der Waals surface area contributed by atoms with Gasteiger partial charge in [0.25, 0.3) is 0 Å². The maximum absolute atomic E-state index is 5.87. The first-order valence-corrected chi connectivity index (χ1v) is 6.67. The summed E-state index contributed by atoms with van der Waals surface area (Å²) in [4.78, 5) is 2.54. The van der Waals surface area contributed by atoms with Crippen LogP contribution >= 0.6 is 0 Å². The first kappa shape index (κ1) is 12.7. The molecular formula is C14H24N2O. The number of furan rings is 1. The van der Waals surface area contributed by atoms with E-state index in [-0.39, 0.29) is 0 Å². The molecule has 1 atom stereocenters. The molecule has 2 N–H and O–H groups in total. The zero-order chi connectivity index (χ0) is 12.3. The van der Waals surface area contributed by atoms with Gasteiger partial charge in [-0.3, -0.25) is 4.90 Å². The van der Waals surface area contributed by atoms with Gasteiger partial charge in [-0.2, -0.15) is 0 Å². The van der Waals surface area contributed by atoms with Crippen LogP contribution < -0.4 is 5.73 Å². The van der Waals surface area contributed by atoms with Crippen molar-refractivity contribution < 1.29 is 4.42 Å². The predicted molar refractivity (Wildman–Crippen MR) is 69.5 cm³/mol. The summed E-state index contributed by atoms with van der Waals surface area (Å²) >= 11 is 0. The van der Waals surface area contributed by atoms with Crippen LogP contribution in [0.15, 0.2) is 22.8 Å². The van der Waals surface area contributed by atoms with E-state index in [1.54, 1.807) is 6.26 Å². The predicted octanol–water partition coefficient (Wildman–Crippen LogP) is 2.47. The zero-order valence-corrected chi connectivity index (χ0v) is 10.9. The normalized spacial score (nSPS) is 17.9. The smallest absolute Gasteiger partial charge is 0.117 e. The van der Waals surface area contributed by atoms with Gasteiger partial charge < -0.3 is 10.2 Å². The van der Waals surface area contributed by atoms with E-state index in [0.717, 1.165) is 31.4 Å². The third-order valence-corrected chi connectivity index (χ3v) is 3.72. The van der Waals surface area contributed by atoms with E-state index in [1.165, 1.54) is 12.8 Å². The molecule has 17 heavy (non-hydrogen) atoms. The van der Waals surface area contributed by atoms with Gasteiger partial charge >= 0.3 is 0 Å². The van der Waals surface area contributed by atoms with Gasteiger partial charge in [0.1, 0.15) is 5.76 Å². The summed E-state index contributed by atoms with van der Waals surface area (Å²) in [6.45, 7) is 7.32. The fourth-order valence-electron chi connectivity index (χ4n) is 2.24. The average Bonchev–Trinajstić information content (AvgIpc) is 3.02. The van der Waals surface area contributed by atoms with Crippen molar-refractivity contribution in [2.24, 2.45) is 17.6 Å². The monoisotopic (exact) mass is 236 g/mol. The van der Waals surface area contributed by atoms with E-state index in [1.807, 2.05) is 6.07 Å². The highest BCUT2D eigenvalue weighted by atomic mass is 16.3. The van der Waals surface area contributed by atoms with Crippen LogP contribution in [-0.4, -0.2) is 24.0 Å². The van der Waals surface area contributed by atoms with Crippen molar-refractivity contribution in [3.63, 3.8) is 0 Å². The molecule has 96 valence electrons. The summed E-state index contributed by atoms with van der Waals surface area (Å²) in [6, 6.07) is 4.78. The van der Waals surface area contributed by atoms with Crippen molar-refractivity contribution in [3.05, 3.63) is 24.2 Å². The Hall–Kier alpha value is -0.800. The topological polar surface area (TPSA) is 42.4 Å². The van der Waals surface area contributed by atoms with Crippen LogP contribution in [-0.2, 0) is 6.54 Å². The number of rotatable bonds is 7. The summed E-state index contributed by atoms with van der Waals surface area (Å²) in [6.07, 6.45) is 4.41. The molecule has 2 rings (SSSR count). The molecule has 0 saturated heterocycles. The maximum Gasteiger partial charge on any atom is 0.117 e. The average molecular weight is 236 g/mol. The first-order chi connectivity index (χ1) is 8.20. The number of hydrogen-bond acceptors (Lipinski definition) is 3. The molecule has 1 fully saturated rings. The Bertz CT molecular complexity index is 317. The summed E-state index contributed by atoms with van der Waals surface area (Å²) in [5, 5.41) is 0. The second-order valence-electron chi connectivity index (χ2n) is 5.48. The Morgan fingerprint density at radius 1 is 1.47 bits per heavy atom. The molecule has 1 unspecified atom stereocenters. The van der Waals surface area contributed by atoms with Crippen LogP contribution in [0.4, 0.5) is 0 Å². The molecule has 1 aromatic rings. The van der Waals surface area contributed by atoms with Gasteiger partial charge in [0.15, 0.2) is 0 Å². The number of hydrogen-bond donors (Lipinski definition) is 1. The quantitative estimate of drug-likeness (QED) is 0.791. The molecule has 3 heteroatoms. The molecule has 0 radical (unpaired) electrons. The lowest BCUT2D eigenvalue weighted by Crippen LogP contribution is -2.36. The minimum absolute atomic E-state index is 0.588. The molecular weight excluding hydrogens is 212 g/mol. The molecule has 0 spiro atoms. The zero-order valence-electron chi connectivity index (χ0n) is 10.9. The largest absolute Gasteiger partial charge is 0.468 e.